The molecule has 0 aliphatic rings. The molecule has 1 heterocycles. The molecule has 0 saturated carbocycles. The average Bonchev–Trinajstić information content (AvgIpc) is 2.71. The largest absolute Gasteiger partial charge is 0.457 e. The van der Waals surface area contributed by atoms with Crippen molar-refractivity contribution in [2.45, 2.75) is 24.2 Å². The SMILES string of the molecule is O=C(NCc1nc2ccccc2c(=O)[nH]1)[C@](O)(c1ccccc1)C(F)(F)C(F)(F)F. The molecule has 30 heavy (non-hydrogen) atoms. The van der Waals surface area contributed by atoms with Gasteiger partial charge in [-0.1, -0.05) is 42.5 Å². The molecule has 0 unspecified atom stereocenters. The van der Waals surface area contributed by atoms with Crippen molar-refractivity contribution in [3.8, 4) is 0 Å². The summed E-state index contributed by atoms with van der Waals surface area (Å²) in [6.07, 6.45) is -6.22. The Bertz CT molecular complexity index is 1130. The Labute approximate surface area is 165 Å². The van der Waals surface area contributed by atoms with Gasteiger partial charge in [-0.15, -0.1) is 0 Å². The van der Waals surface area contributed by atoms with Crippen LogP contribution < -0.4 is 10.9 Å². The molecule has 0 fully saturated rings. The number of benzene rings is 2. The molecule has 11 heteroatoms. The summed E-state index contributed by atoms with van der Waals surface area (Å²) in [7, 11) is 0. The zero-order valence-electron chi connectivity index (χ0n) is 15.0. The number of aromatic amines is 1. The number of halogens is 5. The highest BCUT2D eigenvalue weighted by Gasteiger charge is 2.73. The summed E-state index contributed by atoms with van der Waals surface area (Å²) in [5.74, 6) is -8.01. The van der Waals surface area contributed by atoms with Crippen molar-refractivity contribution in [2.75, 3.05) is 0 Å². The van der Waals surface area contributed by atoms with Crippen LogP contribution >= 0.6 is 0 Å². The van der Waals surface area contributed by atoms with Crippen LogP contribution in [0.5, 0.6) is 0 Å². The van der Waals surface area contributed by atoms with Gasteiger partial charge in [0.05, 0.1) is 17.4 Å². The minimum absolute atomic E-state index is 0.196. The Balaban J connectivity index is 1.96. The van der Waals surface area contributed by atoms with Gasteiger partial charge in [0, 0.05) is 0 Å². The fourth-order valence-electron chi connectivity index (χ4n) is 2.85. The fraction of sp³-hybridized carbons (Fsp3) is 0.211. The van der Waals surface area contributed by atoms with Crippen molar-refractivity contribution in [2.24, 2.45) is 0 Å². The van der Waals surface area contributed by atoms with Crippen molar-refractivity contribution in [3.63, 3.8) is 0 Å². The van der Waals surface area contributed by atoms with E-state index in [1.165, 1.54) is 18.2 Å². The third kappa shape index (κ3) is 3.52. The first kappa shape index (κ1) is 21.4. The number of carbonyl (C=O) groups is 1. The van der Waals surface area contributed by atoms with E-state index in [4.69, 9.17) is 0 Å². The van der Waals surface area contributed by atoms with E-state index in [9.17, 15) is 36.6 Å². The van der Waals surface area contributed by atoms with E-state index in [1.54, 1.807) is 17.4 Å². The lowest BCUT2D eigenvalue weighted by Gasteiger charge is -2.35. The van der Waals surface area contributed by atoms with Crippen LogP contribution in [0.3, 0.4) is 0 Å². The normalized spacial score (nSPS) is 14.3. The molecule has 1 amide bonds. The Morgan fingerprint density at radius 3 is 2.23 bits per heavy atom. The van der Waals surface area contributed by atoms with Gasteiger partial charge in [-0.25, -0.2) is 4.98 Å². The standard InChI is InChI=1S/C19H14F5N3O3/c20-18(21,19(22,23)24)17(30,11-6-2-1-3-7-11)16(29)25-10-14-26-13-9-5-4-8-12(13)15(28)27-14/h1-9,30H,10H2,(H,25,29)(H,26,27,28)/t17-/m1/s1. The second kappa shape index (κ2) is 7.48. The summed E-state index contributed by atoms with van der Waals surface area (Å²) in [4.78, 5) is 30.8. The van der Waals surface area contributed by atoms with E-state index in [0.29, 0.717) is 0 Å². The molecule has 158 valence electrons. The third-order valence-electron chi connectivity index (χ3n) is 4.41. The first-order chi connectivity index (χ1) is 14.0. The van der Waals surface area contributed by atoms with Crippen LogP contribution in [0, 0.1) is 0 Å². The molecule has 0 saturated heterocycles. The molecule has 3 N–H and O–H groups in total. The molecule has 0 spiro atoms. The van der Waals surface area contributed by atoms with Gasteiger partial charge in [0.2, 0.25) is 5.60 Å². The van der Waals surface area contributed by atoms with Crippen LogP contribution in [0.25, 0.3) is 10.9 Å². The van der Waals surface area contributed by atoms with E-state index < -0.39 is 41.3 Å². The first-order valence-electron chi connectivity index (χ1n) is 8.47. The number of hydrogen-bond acceptors (Lipinski definition) is 4. The van der Waals surface area contributed by atoms with E-state index >= 15 is 0 Å². The maximum atomic E-state index is 14.2. The maximum absolute atomic E-state index is 14.2. The monoisotopic (exact) mass is 427 g/mol. The van der Waals surface area contributed by atoms with Crippen LogP contribution in [-0.4, -0.2) is 33.1 Å². The quantitative estimate of drug-likeness (QED) is 0.546. The number of fused-ring (bicyclic) bond motifs is 1. The van der Waals surface area contributed by atoms with Crippen molar-refractivity contribution < 1.29 is 31.9 Å². The van der Waals surface area contributed by atoms with Crippen molar-refractivity contribution >= 4 is 16.8 Å². The second-order valence-electron chi connectivity index (χ2n) is 6.36. The van der Waals surface area contributed by atoms with Crippen LogP contribution in [0.15, 0.2) is 59.4 Å². The van der Waals surface area contributed by atoms with Crippen molar-refractivity contribution in [3.05, 3.63) is 76.3 Å². The molecule has 2 aromatic carbocycles. The number of alkyl halides is 5. The summed E-state index contributed by atoms with van der Waals surface area (Å²) < 4.78 is 67.5. The number of H-pyrrole nitrogens is 1. The number of aromatic nitrogens is 2. The van der Waals surface area contributed by atoms with Gasteiger partial charge in [-0.05, 0) is 17.7 Å². The summed E-state index contributed by atoms with van der Waals surface area (Å²) >= 11 is 0. The zero-order valence-corrected chi connectivity index (χ0v) is 15.0. The Morgan fingerprint density at radius 1 is 1.00 bits per heavy atom. The topological polar surface area (TPSA) is 95.1 Å². The van der Waals surface area contributed by atoms with Gasteiger partial charge in [0.25, 0.3) is 11.5 Å². The number of rotatable bonds is 5. The minimum atomic E-state index is -6.22. The number of para-hydroxylation sites is 1. The summed E-state index contributed by atoms with van der Waals surface area (Å²) in [5, 5.41) is 12.4. The Morgan fingerprint density at radius 2 is 1.60 bits per heavy atom. The zero-order chi connectivity index (χ0) is 22.2. The van der Waals surface area contributed by atoms with Gasteiger partial charge < -0.3 is 15.4 Å². The van der Waals surface area contributed by atoms with Gasteiger partial charge in [-0.2, -0.15) is 22.0 Å². The molecular weight excluding hydrogens is 413 g/mol. The lowest BCUT2D eigenvalue weighted by Crippen LogP contribution is -2.62. The highest BCUT2D eigenvalue weighted by molar-refractivity contribution is 5.87. The summed E-state index contributed by atoms with van der Waals surface area (Å²) in [6.45, 7) is -0.706. The van der Waals surface area contributed by atoms with Crippen molar-refractivity contribution in [1.29, 1.82) is 0 Å². The Kier molecular flexibility index (Phi) is 5.33. The summed E-state index contributed by atoms with van der Waals surface area (Å²) in [6, 6.07) is 11.2. The molecular formula is C19H14F5N3O3. The number of aliphatic hydroxyl groups is 1. The molecule has 0 aliphatic carbocycles. The predicted octanol–water partition coefficient (Wildman–Crippen LogP) is 2.62. The van der Waals surface area contributed by atoms with E-state index in [1.807, 2.05) is 0 Å². The maximum Gasteiger partial charge on any atom is 0.457 e. The van der Waals surface area contributed by atoms with E-state index in [-0.39, 0.29) is 16.7 Å². The number of nitrogens with one attached hydrogen (secondary N) is 2. The lowest BCUT2D eigenvalue weighted by atomic mass is 9.85. The van der Waals surface area contributed by atoms with Gasteiger partial charge in [-0.3, -0.25) is 9.59 Å². The van der Waals surface area contributed by atoms with Gasteiger partial charge in [0.15, 0.2) is 0 Å². The molecule has 3 aromatic rings. The molecule has 3 rings (SSSR count). The van der Waals surface area contributed by atoms with E-state index in [0.717, 1.165) is 24.3 Å². The van der Waals surface area contributed by atoms with E-state index in [2.05, 4.69) is 9.97 Å². The molecule has 0 radical (unpaired) electrons. The molecule has 1 atom stereocenters. The fourth-order valence-corrected chi connectivity index (χ4v) is 2.85. The second-order valence-corrected chi connectivity index (χ2v) is 6.36. The number of hydrogen-bond donors (Lipinski definition) is 3. The van der Waals surface area contributed by atoms with Gasteiger partial charge in [0.1, 0.15) is 5.82 Å². The highest BCUT2D eigenvalue weighted by atomic mass is 19.4. The number of nitrogens with zero attached hydrogens (tertiary/aromatic N) is 1. The molecule has 0 aliphatic heterocycles. The molecule has 0 bridgehead atoms. The lowest BCUT2D eigenvalue weighted by molar-refractivity contribution is -0.337. The first-order valence-corrected chi connectivity index (χ1v) is 8.47. The highest BCUT2D eigenvalue weighted by Crippen LogP contribution is 2.48. The Hall–Kier alpha value is -3.34. The minimum Gasteiger partial charge on any atom is -0.370 e. The van der Waals surface area contributed by atoms with Crippen LogP contribution in [0.4, 0.5) is 22.0 Å². The van der Waals surface area contributed by atoms with Crippen LogP contribution in [-0.2, 0) is 16.9 Å². The van der Waals surface area contributed by atoms with Crippen LogP contribution in [0.1, 0.15) is 11.4 Å². The average molecular weight is 427 g/mol. The smallest absolute Gasteiger partial charge is 0.370 e. The third-order valence-corrected chi connectivity index (χ3v) is 4.41. The summed E-state index contributed by atoms with van der Waals surface area (Å²) in [5.41, 5.74) is -5.57. The predicted molar refractivity (Wildman–Crippen MR) is 95.6 cm³/mol. The molecule has 6 nitrogen and oxygen atoms in total. The molecule has 1 aromatic heterocycles. The number of amides is 1. The van der Waals surface area contributed by atoms with Crippen molar-refractivity contribution in [1.82, 2.24) is 15.3 Å². The van der Waals surface area contributed by atoms with Gasteiger partial charge >= 0.3 is 12.1 Å². The van der Waals surface area contributed by atoms with Crippen LogP contribution in [0.2, 0.25) is 0 Å². The number of carbonyl (C=O) groups excluding carboxylic acids is 1.